The average Bonchev–Trinajstić information content (AvgIpc) is 2.40. The highest BCUT2D eigenvalue weighted by Crippen LogP contribution is 2.33. The van der Waals surface area contributed by atoms with Crippen LogP contribution in [0.15, 0.2) is 18.2 Å². The van der Waals surface area contributed by atoms with E-state index in [1.54, 1.807) is 7.11 Å². The van der Waals surface area contributed by atoms with Crippen LogP contribution in [0.2, 0.25) is 0 Å². The minimum Gasteiger partial charge on any atom is -0.490 e. The van der Waals surface area contributed by atoms with Crippen LogP contribution in [-0.4, -0.2) is 25.9 Å². The third-order valence-corrected chi connectivity index (χ3v) is 3.20. The van der Waals surface area contributed by atoms with Crippen LogP contribution >= 0.6 is 0 Å². The molecule has 1 aromatic carbocycles. The van der Waals surface area contributed by atoms with Crippen molar-refractivity contribution in [3.8, 4) is 11.5 Å². The van der Waals surface area contributed by atoms with Crippen LogP contribution in [-0.2, 0) is 4.74 Å². The van der Waals surface area contributed by atoms with Gasteiger partial charge in [0.2, 0.25) is 0 Å². The van der Waals surface area contributed by atoms with Gasteiger partial charge in [-0.25, -0.2) is 0 Å². The predicted molar refractivity (Wildman–Crippen MR) is 76.8 cm³/mol. The summed E-state index contributed by atoms with van der Waals surface area (Å²) in [4.78, 5) is 0. The topological polar surface area (TPSA) is 53.7 Å². The third-order valence-electron chi connectivity index (χ3n) is 3.20. The second kappa shape index (κ2) is 6.78. The molecule has 0 saturated heterocycles. The van der Waals surface area contributed by atoms with Gasteiger partial charge < -0.3 is 19.9 Å². The summed E-state index contributed by atoms with van der Waals surface area (Å²) in [6, 6.07) is 5.56. The lowest BCUT2D eigenvalue weighted by atomic mass is 9.92. The highest BCUT2D eigenvalue weighted by Gasteiger charge is 2.28. The molecule has 0 fully saturated rings. The van der Waals surface area contributed by atoms with E-state index in [4.69, 9.17) is 19.9 Å². The lowest BCUT2D eigenvalue weighted by Gasteiger charge is -2.30. The van der Waals surface area contributed by atoms with E-state index in [1.165, 1.54) is 0 Å². The van der Waals surface area contributed by atoms with Crippen molar-refractivity contribution in [1.29, 1.82) is 0 Å². The SMILES string of the molecule is CCOc1ccc(C(N)C(C)(C)OC)cc1OCC. The first kappa shape index (κ1) is 15.8. The Labute approximate surface area is 115 Å². The van der Waals surface area contributed by atoms with Crippen LogP contribution in [0.5, 0.6) is 11.5 Å². The Morgan fingerprint density at radius 2 is 1.68 bits per heavy atom. The minimum absolute atomic E-state index is 0.229. The molecule has 108 valence electrons. The molecule has 0 amide bonds. The molecule has 1 atom stereocenters. The van der Waals surface area contributed by atoms with E-state index in [1.807, 2.05) is 45.9 Å². The van der Waals surface area contributed by atoms with Crippen molar-refractivity contribution in [2.45, 2.75) is 39.3 Å². The fourth-order valence-corrected chi connectivity index (χ4v) is 1.79. The maximum Gasteiger partial charge on any atom is 0.161 e. The molecular formula is C15H25NO3. The molecule has 0 radical (unpaired) electrons. The first-order valence-corrected chi connectivity index (χ1v) is 6.66. The average molecular weight is 267 g/mol. The fourth-order valence-electron chi connectivity index (χ4n) is 1.79. The van der Waals surface area contributed by atoms with Gasteiger partial charge in [-0.15, -0.1) is 0 Å². The zero-order valence-electron chi connectivity index (χ0n) is 12.5. The van der Waals surface area contributed by atoms with Crippen LogP contribution in [0.1, 0.15) is 39.3 Å². The number of ether oxygens (including phenoxy) is 3. The lowest BCUT2D eigenvalue weighted by Crippen LogP contribution is -2.37. The van der Waals surface area contributed by atoms with Crippen LogP contribution < -0.4 is 15.2 Å². The molecular weight excluding hydrogens is 242 g/mol. The first-order valence-electron chi connectivity index (χ1n) is 6.66. The van der Waals surface area contributed by atoms with E-state index >= 15 is 0 Å². The second-order valence-corrected chi connectivity index (χ2v) is 4.86. The van der Waals surface area contributed by atoms with E-state index in [9.17, 15) is 0 Å². The van der Waals surface area contributed by atoms with Crippen molar-refractivity contribution < 1.29 is 14.2 Å². The van der Waals surface area contributed by atoms with Gasteiger partial charge in [0, 0.05) is 7.11 Å². The predicted octanol–water partition coefficient (Wildman–Crippen LogP) is 2.91. The summed E-state index contributed by atoms with van der Waals surface area (Å²) >= 11 is 0. The molecule has 2 N–H and O–H groups in total. The molecule has 0 spiro atoms. The third kappa shape index (κ3) is 3.85. The first-order chi connectivity index (χ1) is 8.96. The summed E-state index contributed by atoms with van der Waals surface area (Å²) in [5.74, 6) is 1.47. The Bertz CT molecular complexity index is 404. The summed E-state index contributed by atoms with van der Waals surface area (Å²) in [6.07, 6.45) is 0. The maximum absolute atomic E-state index is 6.25. The number of nitrogens with two attached hydrogens (primary N) is 1. The van der Waals surface area contributed by atoms with Crippen molar-refractivity contribution in [1.82, 2.24) is 0 Å². The summed E-state index contributed by atoms with van der Waals surface area (Å²) in [6.45, 7) is 9.02. The Kier molecular flexibility index (Phi) is 5.63. The Morgan fingerprint density at radius 1 is 1.11 bits per heavy atom. The minimum atomic E-state index is -0.434. The monoisotopic (exact) mass is 267 g/mol. The Hall–Kier alpha value is -1.26. The fraction of sp³-hybridized carbons (Fsp3) is 0.600. The summed E-state index contributed by atoms with van der Waals surface area (Å²) < 4.78 is 16.6. The maximum atomic E-state index is 6.25. The van der Waals surface area contributed by atoms with Gasteiger partial charge >= 0.3 is 0 Å². The Morgan fingerprint density at radius 3 is 2.21 bits per heavy atom. The van der Waals surface area contributed by atoms with Crippen molar-refractivity contribution >= 4 is 0 Å². The van der Waals surface area contributed by atoms with Crippen LogP contribution in [0.4, 0.5) is 0 Å². The molecule has 0 aliphatic carbocycles. The van der Waals surface area contributed by atoms with Gasteiger partial charge in [0.05, 0.1) is 24.9 Å². The van der Waals surface area contributed by atoms with Gasteiger partial charge in [-0.2, -0.15) is 0 Å². The van der Waals surface area contributed by atoms with Crippen molar-refractivity contribution in [3.63, 3.8) is 0 Å². The van der Waals surface area contributed by atoms with Crippen molar-refractivity contribution in [2.24, 2.45) is 5.73 Å². The molecule has 0 aliphatic heterocycles. The standard InChI is InChI=1S/C15H25NO3/c1-6-18-12-9-8-11(10-13(12)19-7-2)14(16)15(3,4)17-5/h8-10,14H,6-7,16H2,1-5H3. The van der Waals surface area contributed by atoms with E-state index in [0.717, 1.165) is 17.1 Å². The van der Waals surface area contributed by atoms with E-state index in [2.05, 4.69) is 0 Å². The molecule has 0 aliphatic rings. The molecule has 1 rings (SSSR count). The molecule has 4 heteroatoms. The zero-order chi connectivity index (χ0) is 14.5. The molecule has 19 heavy (non-hydrogen) atoms. The summed E-state index contributed by atoms with van der Waals surface area (Å²) in [5, 5.41) is 0. The van der Waals surface area contributed by atoms with Crippen LogP contribution in [0.25, 0.3) is 0 Å². The molecule has 0 saturated carbocycles. The molecule has 1 unspecified atom stereocenters. The zero-order valence-corrected chi connectivity index (χ0v) is 12.5. The van der Waals surface area contributed by atoms with Gasteiger partial charge in [0.25, 0.3) is 0 Å². The number of methoxy groups -OCH3 is 1. The molecule has 0 aromatic heterocycles. The van der Waals surface area contributed by atoms with Crippen molar-refractivity contribution in [3.05, 3.63) is 23.8 Å². The highest BCUT2D eigenvalue weighted by atomic mass is 16.5. The molecule has 4 nitrogen and oxygen atoms in total. The molecule has 1 aromatic rings. The van der Waals surface area contributed by atoms with E-state index < -0.39 is 5.60 Å². The summed E-state index contributed by atoms with van der Waals surface area (Å²) in [7, 11) is 1.66. The number of hydrogen-bond acceptors (Lipinski definition) is 4. The second-order valence-electron chi connectivity index (χ2n) is 4.86. The van der Waals surface area contributed by atoms with Crippen LogP contribution in [0.3, 0.4) is 0 Å². The van der Waals surface area contributed by atoms with Gasteiger partial charge in [0.1, 0.15) is 0 Å². The lowest BCUT2D eigenvalue weighted by molar-refractivity contribution is -0.0000916. The highest BCUT2D eigenvalue weighted by molar-refractivity contribution is 5.44. The van der Waals surface area contributed by atoms with E-state index in [0.29, 0.717) is 13.2 Å². The number of hydrogen-bond donors (Lipinski definition) is 1. The van der Waals surface area contributed by atoms with E-state index in [-0.39, 0.29) is 6.04 Å². The number of benzene rings is 1. The van der Waals surface area contributed by atoms with Gasteiger partial charge in [0.15, 0.2) is 11.5 Å². The van der Waals surface area contributed by atoms with Gasteiger partial charge in [-0.3, -0.25) is 0 Å². The normalized spacial score (nSPS) is 13.2. The smallest absolute Gasteiger partial charge is 0.161 e. The largest absolute Gasteiger partial charge is 0.490 e. The van der Waals surface area contributed by atoms with Crippen molar-refractivity contribution in [2.75, 3.05) is 20.3 Å². The van der Waals surface area contributed by atoms with Gasteiger partial charge in [-0.05, 0) is 45.4 Å². The van der Waals surface area contributed by atoms with Crippen LogP contribution in [0, 0.1) is 0 Å². The quantitative estimate of drug-likeness (QED) is 0.825. The van der Waals surface area contributed by atoms with Gasteiger partial charge in [-0.1, -0.05) is 6.07 Å². The Balaban J connectivity index is 3.07. The summed E-state index contributed by atoms with van der Waals surface area (Å²) in [5.41, 5.74) is 6.79. The molecule has 0 heterocycles. The number of rotatable bonds is 7. The molecule has 0 bridgehead atoms.